The number of aromatic amines is 1. The number of thioether (sulfide) groups is 1. The molecule has 1 heterocycles. The van der Waals surface area contributed by atoms with Gasteiger partial charge in [-0.25, -0.2) is 4.98 Å². The number of carboxylic acid groups (broad SMARTS) is 2. The Morgan fingerprint density at radius 3 is 1.25 bits per heavy atom. The van der Waals surface area contributed by atoms with Gasteiger partial charge >= 0.3 is 11.9 Å². The lowest BCUT2D eigenvalue weighted by Gasteiger charge is -2.29. The molecule has 0 saturated carbocycles. The molecule has 2 rings (SSSR count). The molecule has 0 bridgehead atoms. The van der Waals surface area contributed by atoms with E-state index in [1.165, 1.54) is 31.2 Å². The Labute approximate surface area is 693 Å². The summed E-state index contributed by atoms with van der Waals surface area (Å²) >= 11 is 1.38. The maximum Gasteiger partial charge on any atom is 0.322 e. The SMILES string of the molecule is CSCC[C@H](NC(=O)[C@H](Cc1ccccc1)NC(=O)[C@H](CC(C)C)NC(=O)[C@H](CC(C)C)NC(=O)[C@H](CCC(=O)O)NC(=O)[C@H](C)NC(=O)[C@@H](NC(=O)[C@H](Cc1cnc[nH]1)NC(=O)[C@H](CCCN=C(N)N)NC(=O)C(CCCN)NC(=O)[C@H](CCCCN)NC(=O)[C@H](CCCN=C(N)N)NC(=O)[C@@H](N)CC(C)C)C(C)C)C(=O)NCC(=O)O. The van der Waals surface area contributed by atoms with E-state index in [0.717, 1.165) is 0 Å². The van der Waals surface area contributed by atoms with Crippen LogP contribution in [0, 0.1) is 23.7 Å². The van der Waals surface area contributed by atoms with Crippen molar-refractivity contribution in [3.63, 3.8) is 0 Å². The molecule has 0 spiro atoms. The molecule has 13 atom stereocenters. The third-order valence-corrected chi connectivity index (χ3v) is 18.9. The molecule has 1 aromatic carbocycles. The minimum absolute atomic E-state index is 0.00612. The number of carbonyl (C=O) groups is 15. The molecule has 30 N–H and O–H groups in total. The fourth-order valence-corrected chi connectivity index (χ4v) is 12.5. The zero-order valence-electron chi connectivity index (χ0n) is 69.4. The highest BCUT2D eigenvalue weighted by molar-refractivity contribution is 7.98. The predicted molar refractivity (Wildman–Crippen MR) is 444 cm³/mol. The Morgan fingerprint density at radius 1 is 0.432 bits per heavy atom. The minimum Gasteiger partial charge on any atom is -0.481 e. The van der Waals surface area contributed by atoms with Gasteiger partial charge in [-0.1, -0.05) is 85.7 Å². The molecule has 0 aliphatic carbocycles. The smallest absolute Gasteiger partial charge is 0.322 e. The number of amides is 13. The average molecular weight is 1680 g/mol. The van der Waals surface area contributed by atoms with Crippen molar-refractivity contribution in [2.75, 3.05) is 44.7 Å². The molecular formula is C76H130N24O17S. The predicted octanol–water partition coefficient (Wildman–Crippen LogP) is -4.05. The number of hydrogen-bond acceptors (Lipinski definition) is 22. The Kier molecular flexibility index (Phi) is 48.8. The summed E-state index contributed by atoms with van der Waals surface area (Å²) in [6, 6.07) is -9.32. The number of carbonyl (C=O) groups excluding carboxylic acids is 13. The van der Waals surface area contributed by atoms with Crippen molar-refractivity contribution in [1.29, 1.82) is 0 Å². The topological polar surface area (TPSA) is 688 Å². The molecule has 0 aliphatic heterocycles. The van der Waals surface area contributed by atoms with Gasteiger partial charge in [0.1, 0.15) is 79.0 Å². The first-order valence-corrected chi connectivity index (χ1v) is 41.2. The van der Waals surface area contributed by atoms with Gasteiger partial charge < -0.3 is 124 Å². The van der Waals surface area contributed by atoms with Crippen molar-refractivity contribution in [2.24, 2.45) is 73.8 Å². The van der Waals surface area contributed by atoms with Gasteiger partial charge in [0.2, 0.25) is 76.8 Å². The van der Waals surface area contributed by atoms with E-state index in [9.17, 15) is 82.1 Å². The zero-order chi connectivity index (χ0) is 88.7. The normalized spacial score (nSPS) is 14.5. The van der Waals surface area contributed by atoms with Crippen LogP contribution in [0.2, 0.25) is 0 Å². The number of aromatic nitrogens is 2. The molecule has 42 heteroatoms. The van der Waals surface area contributed by atoms with Crippen LogP contribution in [0.3, 0.4) is 0 Å². The van der Waals surface area contributed by atoms with Gasteiger partial charge in [0, 0.05) is 44.2 Å². The molecule has 2 aromatic rings. The number of imidazole rings is 1. The highest BCUT2D eigenvalue weighted by Gasteiger charge is 2.38. The van der Waals surface area contributed by atoms with Crippen molar-refractivity contribution in [1.82, 2.24) is 79.1 Å². The number of benzene rings is 1. The van der Waals surface area contributed by atoms with Crippen molar-refractivity contribution < 1.29 is 82.1 Å². The van der Waals surface area contributed by atoms with E-state index in [1.54, 1.807) is 78.1 Å². The van der Waals surface area contributed by atoms with Gasteiger partial charge in [0.05, 0.1) is 12.4 Å². The lowest BCUT2D eigenvalue weighted by molar-refractivity contribution is -0.139. The van der Waals surface area contributed by atoms with Gasteiger partial charge in [0.25, 0.3) is 0 Å². The Hall–Kier alpha value is -10.7. The second-order valence-electron chi connectivity index (χ2n) is 30.5. The number of guanidine groups is 2. The monoisotopic (exact) mass is 1680 g/mol. The van der Waals surface area contributed by atoms with E-state index in [2.05, 4.69) is 89.1 Å². The number of H-pyrrole nitrogens is 1. The number of carboxylic acids is 2. The number of nitrogens with zero attached hydrogens (tertiary/aromatic N) is 3. The third kappa shape index (κ3) is 41.9. The molecule has 13 amide bonds. The lowest BCUT2D eigenvalue weighted by atomic mass is 9.98. The summed E-state index contributed by atoms with van der Waals surface area (Å²) in [5.41, 5.74) is 41.1. The fraction of sp³-hybridized carbons (Fsp3) is 0.658. The summed E-state index contributed by atoms with van der Waals surface area (Å²) in [4.78, 5) is 224. The quantitative estimate of drug-likeness (QED) is 0.0170. The van der Waals surface area contributed by atoms with Crippen molar-refractivity contribution in [2.45, 2.75) is 250 Å². The van der Waals surface area contributed by atoms with E-state index in [-0.39, 0.29) is 133 Å². The molecule has 662 valence electrons. The summed E-state index contributed by atoms with van der Waals surface area (Å²) in [6.45, 7) is 14.8. The van der Waals surface area contributed by atoms with Gasteiger partial charge in [0.15, 0.2) is 11.9 Å². The standard InChI is InChI=1S/C76H130N24O17S/c1-41(2)33-48(79)63(106)91-51(23-17-30-85-75(80)81)67(110)92-49(21-14-15-28-77)65(108)93-50(22-16-29-78)66(109)94-52(24-18-31-86-76(82)83)68(111)99-58(37-47-38-84-40-88-47)73(116)100-61(44(7)8)74(117)89-45(9)62(105)90-53(25-26-59(101)102)69(112)96-55(34-42(3)4)70(113)97-56(35-43(5)6)71(114)98-57(36-46-19-12-11-13-20-46)72(115)95-54(27-32-118-10)64(107)87-39-60(103)104/h11-13,19-20,38,40-45,48-58,61H,14-18,21-37,39,77-79H2,1-10H3,(H,84,88)(H,87,107)(H,89,117)(H,90,105)(H,91,106)(H,92,110)(H,93,108)(H,94,109)(H,95,115)(H,96,112)(H,97,113)(H,98,114)(H,99,111)(H,100,116)(H,101,102)(H,103,104)(H4,80,81,85)(H4,82,83,86)/t45-,48-,49-,50?,51-,52-,53-,54-,55-,56-,57-,58-,61-/m0/s1. The van der Waals surface area contributed by atoms with Gasteiger partial charge in [-0.15, -0.1) is 0 Å². The number of nitrogens with two attached hydrogens (primary N) is 7. The molecule has 0 fully saturated rings. The summed E-state index contributed by atoms with van der Waals surface area (Å²) < 4.78 is 0. The van der Waals surface area contributed by atoms with Crippen LogP contribution < -0.4 is 109 Å². The van der Waals surface area contributed by atoms with Crippen LogP contribution in [0.25, 0.3) is 0 Å². The maximum absolute atomic E-state index is 14.8. The Balaban J connectivity index is 2.53. The first-order valence-electron chi connectivity index (χ1n) is 39.8. The third-order valence-electron chi connectivity index (χ3n) is 18.3. The largest absolute Gasteiger partial charge is 0.481 e. The summed E-state index contributed by atoms with van der Waals surface area (Å²) in [5.74, 6) is -15.2. The lowest BCUT2D eigenvalue weighted by Crippen LogP contribution is -2.61. The van der Waals surface area contributed by atoms with Crippen LogP contribution >= 0.6 is 11.8 Å². The van der Waals surface area contributed by atoms with E-state index in [4.69, 9.17) is 40.1 Å². The van der Waals surface area contributed by atoms with Crippen LogP contribution in [0.5, 0.6) is 0 Å². The minimum atomic E-state index is -1.67. The molecule has 0 aliphatic rings. The van der Waals surface area contributed by atoms with Crippen LogP contribution in [0.15, 0.2) is 52.8 Å². The van der Waals surface area contributed by atoms with Crippen molar-refractivity contribution >= 4 is 112 Å². The van der Waals surface area contributed by atoms with Crippen LogP contribution in [0.1, 0.15) is 170 Å². The van der Waals surface area contributed by atoms with Crippen molar-refractivity contribution in [3.8, 4) is 0 Å². The second kappa shape index (κ2) is 55.8. The van der Waals surface area contributed by atoms with E-state index in [0.29, 0.717) is 36.3 Å². The molecule has 41 nitrogen and oxygen atoms in total. The first-order chi connectivity index (χ1) is 55.7. The summed E-state index contributed by atoms with van der Waals surface area (Å²) in [7, 11) is 0. The molecule has 0 saturated heterocycles. The van der Waals surface area contributed by atoms with Crippen LogP contribution in [-0.4, -0.2) is 244 Å². The molecule has 0 radical (unpaired) electrons. The maximum atomic E-state index is 14.8. The molecule has 1 aromatic heterocycles. The van der Waals surface area contributed by atoms with E-state index in [1.807, 2.05) is 13.8 Å². The Morgan fingerprint density at radius 2 is 0.831 bits per heavy atom. The van der Waals surface area contributed by atoms with Gasteiger partial charge in [-0.3, -0.25) is 81.9 Å². The van der Waals surface area contributed by atoms with Gasteiger partial charge in [-0.05, 0) is 151 Å². The number of rotatable bonds is 59. The van der Waals surface area contributed by atoms with Crippen LogP contribution in [0.4, 0.5) is 0 Å². The zero-order valence-corrected chi connectivity index (χ0v) is 70.2. The molecule has 118 heavy (non-hydrogen) atoms. The van der Waals surface area contributed by atoms with Crippen molar-refractivity contribution in [3.05, 3.63) is 54.1 Å². The number of unbranched alkanes of at least 4 members (excludes halogenated alkanes) is 1. The summed E-state index contributed by atoms with van der Waals surface area (Å²) in [6.07, 6.45) is 4.26. The van der Waals surface area contributed by atoms with E-state index >= 15 is 0 Å². The fourth-order valence-electron chi connectivity index (χ4n) is 12.0. The van der Waals surface area contributed by atoms with Crippen LogP contribution in [-0.2, 0) is 84.8 Å². The molecular weight excluding hydrogens is 1550 g/mol. The first kappa shape index (κ1) is 103. The summed E-state index contributed by atoms with van der Waals surface area (Å²) in [5, 5.41) is 53.1. The Bertz CT molecular complexity index is 3600. The highest BCUT2D eigenvalue weighted by atomic mass is 32.2. The molecule has 1 unspecified atom stereocenters. The second-order valence-corrected chi connectivity index (χ2v) is 31.5. The number of aliphatic imine (C=N–C) groups is 2. The average Bonchev–Trinajstić information content (AvgIpc) is 1.06. The van der Waals surface area contributed by atoms with E-state index < -0.39 is 193 Å². The highest BCUT2D eigenvalue weighted by Crippen LogP contribution is 2.16. The van der Waals surface area contributed by atoms with Gasteiger partial charge in [-0.2, -0.15) is 11.8 Å². The number of hydrogen-bond donors (Lipinski definition) is 23. The number of aliphatic carboxylic acids is 2. The number of nitrogens with one attached hydrogen (secondary N) is 14.